The maximum absolute atomic E-state index is 12.1. The first kappa shape index (κ1) is 16.2. The summed E-state index contributed by atoms with van der Waals surface area (Å²) in [6.45, 7) is 3.02. The zero-order valence-corrected chi connectivity index (χ0v) is 13.2. The average molecular weight is 319 g/mol. The van der Waals surface area contributed by atoms with E-state index in [1.807, 2.05) is 0 Å². The molecule has 22 heavy (non-hydrogen) atoms. The number of nitrogens with zero attached hydrogens (tertiary/aromatic N) is 2. The molecule has 0 aliphatic rings. The predicted octanol–water partition coefficient (Wildman–Crippen LogP) is 3.98. The Morgan fingerprint density at radius 3 is 2.73 bits per heavy atom. The highest BCUT2D eigenvalue weighted by Gasteiger charge is 2.08. The topological polar surface area (TPSA) is 66.9 Å². The van der Waals surface area contributed by atoms with Gasteiger partial charge in [-0.25, -0.2) is 0 Å². The number of amides is 1. The van der Waals surface area contributed by atoms with Gasteiger partial charge in [0.1, 0.15) is 5.82 Å². The van der Waals surface area contributed by atoms with Gasteiger partial charge < -0.3 is 10.6 Å². The molecule has 1 heterocycles. The van der Waals surface area contributed by atoms with E-state index in [-0.39, 0.29) is 11.6 Å². The molecule has 0 unspecified atom stereocenters. The summed E-state index contributed by atoms with van der Waals surface area (Å²) in [5, 5.41) is 14.4. The van der Waals surface area contributed by atoms with Crippen molar-refractivity contribution in [1.29, 1.82) is 0 Å². The number of carbonyl (C=O) groups excluding carboxylic acids is 1. The van der Waals surface area contributed by atoms with Crippen molar-refractivity contribution in [2.45, 2.75) is 26.2 Å². The third-order valence-corrected chi connectivity index (χ3v) is 3.30. The Balaban J connectivity index is 1.90. The molecule has 0 spiro atoms. The lowest BCUT2D eigenvalue weighted by Crippen LogP contribution is -2.15. The smallest absolute Gasteiger partial charge is 0.276 e. The number of carbonyl (C=O) groups is 1. The highest BCUT2D eigenvalue weighted by molar-refractivity contribution is 6.30. The van der Waals surface area contributed by atoms with E-state index in [0.717, 1.165) is 13.0 Å². The number of halogens is 1. The highest BCUT2D eigenvalue weighted by atomic mass is 35.5. The Morgan fingerprint density at radius 2 is 2.05 bits per heavy atom. The minimum atomic E-state index is -0.313. The molecule has 2 N–H and O–H groups in total. The fraction of sp³-hybridized carbons (Fsp3) is 0.312. The minimum absolute atomic E-state index is 0.263. The fourth-order valence-electron chi connectivity index (χ4n) is 1.90. The van der Waals surface area contributed by atoms with E-state index in [0.29, 0.717) is 16.5 Å². The third kappa shape index (κ3) is 5.00. The van der Waals surface area contributed by atoms with E-state index in [4.69, 9.17) is 11.6 Å². The summed E-state index contributed by atoms with van der Waals surface area (Å²) in [6.07, 6.45) is 3.45. The molecule has 0 saturated carbocycles. The molecule has 6 heteroatoms. The van der Waals surface area contributed by atoms with Crippen LogP contribution in [0.2, 0.25) is 5.02 Å². The van der Waals surface area contributed by atoms with E-state index in [9.17, 15) is 4.79 Å². The molecule has 2 aromatic rings. The summed E-state index contributed by atoms with van der Waals surface area (Å²) in [5.74, 6) is 0.364. The van der Waals surface area contributed by atoms with Crippen LogP contribution in [0, 0.1) is 0 Å². The normalized spacial score (nSPS) is 10.3. The molecular weight excluding hydrogens is 300 g/mol. The van der Waals surface area contributed by atoms with Gasteiger partial charge in [0.05, 0.1) is 0 Å². The van der Waals surface area contributed by atoms with E-state index < -0.39 is 0 Å². The lowest BCUT2D eigenvalue weighted by atomic mass is 10.2. The summed E-state index contributed by atoms with van der Waals surface area (Å²) in [6, 6.07) is 10.4. The number of benzene rings is 1. The number of hydrogen-bond acceptors (Lipinski definition) is 4. The van der Waals surface area contributed by atoms with Crippen LogP contribution >= 0.6 is 11.6 Å². The van der Waals surface area contributed by atoms with E-state index in [1.165, 1.54) is 12.8 Å². The van der Waals surface area contributed by atoms with Gasteiger partial charge in [-0.1, -0.05) is 37.4 Å². The maximum atomic E-state index is 12.1. The number of unbranched alkanes of at least 4 members (excludes halogenated alkanes) is 2. The minimum Gasteiger partial charge on any atom is -0.369 e. The van der Waals surface area contributed by atoms with Gasteiger partial charge in [0, 0.05) is 17.3 Å². The van der Waals surface area contributed by atoms with Crippen LogP contribution in [0.25, 0.3) is 0 Å². The first-order valence-electron chi connectivity index (χ1n) is 7.33. The van der Waals surface area contributed by atoms with Gasteiger partial charge in [0.2, 0.25) is 0 Å². The molecule has 2 rings (SSSR count). The first-order valence-corrected chi connectivity index (χ1v) is 7.71. The Hall–Kier alpha value is -2.14. The molecule has 0 saturated heterocycles. The van der Waals surface area contributed by atoms with Gasteiger partial charge >= 0.3 is 0 Å². The summed E-state index contributed by atoms with van der Waals surface area (Å²) >= 11 is 5.88. The van der Waals surface area contributed by atoms with Crippen LogP contribution in [-0.2, 0) is 0 Å². The average Bonchev–Trinajstić information content (AvgIpc) is 2.52. The van der Waals surface area contributed by atoms with Gasteiger partial charge in [-0.05, 0) is 36.8 Å². The number of aromatic nitrogens is 2. The summed E-state index contributed by atoms with van der Waals surface area (Å²) in [5.41, 5.74) is 0.889. The van der Waals surface area contributed by atoms with Crippen molar-refractivity contribution in [3.8, 4) is 0 Å². The molecule has 116 valence electrons. The molecule has 0 atom stereocenters. The third-order valence-electron chi connectivity index (χ3n) is 3.07. The Bertz CT molecular complexity index is 616. The summed E-state index contributed by atoms with van der Waals surface area (Å²) < 4.78 is 0. The Morgan fingerprint density at radius 1 is 1.18 bits per heavy atom. The second-order valence-electron chi connectivity index (χ2n) is 4.90. The van der Waals surface area contributed by atoms with Crippen LogP contribution in [-0.4, -0.2) is 22.6 Å². The van der Waals surface area contributed by atoms with Gasteiger partial charge in [-0.2, -0.15) is 0 Å². The number of rotatable bonds is 7. The van der Waals surface area contributed by atoms with Crippen LogP contribution < -0.4 is 10.6 Å². The summed E-state index contributed by atoms with van der Waals surface area (Å²) in [7, 11) is 0. The van der Waals surface area contributed by atoms with Crippen molar-refractivity contribution in [2.24, 2.45) is 0 Å². The Kier molecular flexibility index (Phi) is 6.15. The zero-order valence-electron chi connectivity index (χ0n) is 12.5. The lowest BCUT2D eigenvalue weighted by molar-refractivity contribution is 0.102. The second-order valence-corrected chi connectivity index (χ2v) is 5.34. The van der Waals surface area contributed by atoms with Crippen molar-refractivity contribution < 1.29 is 4.79 Å². The van der Waals surface area contributed by atoms with E-state index >= 15 is 0 Å². The van der Waals surface area contributed by atoms with Gasteiger partial charge in [-0.15, -0.1) is 10.2 Å². The van der Waals surface area contributed by atoms with E-state index in [1.54, 1.807) is 36.4 Å². The standard InChI is InChI=1S/C16H19ClN4O/c1-2-3-4-10-18-15-9-8-14(20-21-15)16(22)19-13-7-5-6-12(17)11-13/h5-9,11H,2-4,10H2,1H3,(H,18,21)(H,19,22). The molecule has 1 amide bonds. The van der Waals surface area contributed by atoms with Gasteiger partial charge in [0.15, 0.2) is 5.69 Å². The van der Waals surface area contributed by atoms with Crippen molar-refractivity contribution in [1.82, 2.24) is 10.2 Å². The molecule has 0 fully saturated rings. The zero-order chi connectivity index (χ0) is 15.8. The molecule has 0 radical (unpaired) electrons. The SMILES string of the molecule is CCCCCNc1ccc(C(=O)Nc2cccc(Cl)c2)nn1. The first-order chi connectivity index (χ1) is 10.7. The maximum Gasteiger partial charge on any atom is 0.276 e. The molecule has 0 aliphatic heterocycles. The van der Waals surface area contributed by atoms with Gasteiger partial charge in [-0.3, -0.25) is 4.79 Å². The van der Waals surface area contributed by atoms with E-state index in [2.05, 4.69) is 27.8 Å². The monoisotopic (exact) mass is 318 g/mol. The van der Waals surface area contributed by atoms with Crippen molar-refractivity contribution in [2.75, 3.05) is 17.2 Å². The highest BCUT2D eigenvalue weighted by Crippen LogP contribution is 2.15. The second kappa shape index (κ2) is 8.34. The molecule has 0 aliphatic carbocycles. The van der Waals surface area contributed by atoms with Crippen LogP contribution in [0.3, 0.4) is 0 Å². The molecule has 1 aromatic heterocycles. The molecule has 5 nitrogen and oxygen atoms in total. The van der Waals surface area contributed by atoms with Crippen LogP contribution in [0.1, 0.15) is 36.7 Å². The predicted molar refractivity (Wildman–Crippen MR) is 89.5 cm³/mol. The fourth-order valence-corrected chi connectivity index (χ4v) is 2.09. The molecule has 0 bridgehead atoms. The van der Waals surface area contributed by atoms with Crippen LogP contribution in [0.5, 0.6) is 0 Å². The largest absolute Gasteiger partial charge is 0.369 e. The van der Waals surface area contributed by atoms with Crippen molar-refractivity contribution in [3.63, 3.8) is 0 Å². The molecular formula is C16H19ClN4O. The number of hydrogen-bond donors (Lipinski definition) is 2. The number of anilines is 2. The molecule has 1 aromatic carbocycles. The van der Waals surface area contributed by atoms with Crippen molar-refractivity contribution in [3.05, 3.63) is 47.1 Å². The quantitative estimate of drug-likeness (QED) is 0.758. The summed E-state index contributed by atoms with van der Waals surface area (Å²) in [4.78, 5) is 12.1. The van der Waals surface area contributed by atoms with Crippen LogP contribution in [0.4, 0.5) is 11.5 Å². The Labute approximate surface area is 135 Å². The van der Waals surface area contributed by atoms with Gasteiger partial charge in [0.25, 0.3) is 5.91 Å². The number of nitrogens with one attached hydrogen (secondary N) is 2. The van der Waals surface area contributed by atoms with Crippen LogP contribution in [0.15, 0.2) is 36.4 Å². The van der Waals surface area contributed by atoms with Crippen molar-refractivity contribution >= 4 is 29.0 Å². The lowest BCUT2D eigenvalue weighted by Gasteiger charge is -2.06.